The summed E-state index contributed by atoms with van der Waals surface area (Å²) >= 11 is 0. The Bertz CT molecular complexity index is 1110. The molecule has 0 spiro atoms. The number of aromatic nitrogens is 2. The molecule has 1 aromatic heterocycles. The first-order chi connectivity index (χ1) is 13.8. The Kier molecular flexibility index (Phi) is 5.77. The largest absolute Gasteiger partial charge is 0.437 e. The molecular weight excluding hydrogens is 393 g/mol. The Balaban J connectivity index is 1.55. The van der Waals surface area contributed by atoms with Gasteiger partial charge in [0, 0.05) is 17.3 Å². The van der Waals surface area contributed by atoms with Crippen molar-refractivity contribution in [3.8, 4) is 11.5 Å². The first-order valence-electron chi connectivity index (χ1n) is 8.17. The zero-order chi connectivity index (χ0) is 21.0. The molecule has 0 saturated heterocycles. The highest BCUT2D eigenvalue weighted by Gasteiger charge is 2.14. The first-order valence-corrected chi connectivity index (χ1v) is 8.17. The number of amides is 2. The van der Waals surface area contributed by atoms with Crippen molar-refractivity contribution in [1.82, 2.24) is 15.1 Å². The van der Waals surface area contributed by atoms with E-state index in [2.05, 4.69) is 15.7 Å². The number of nitrogens with one attached hydrogen (secondary N) is 2. The van der Waals surface area contributed by atoms with E-state index in [1.165, 1.54) is 12.1 Å². The van der Waals surface area contributed by atoms with Crippen molar-refractivity contribution < 1.29 is 27.2 Å². The topological polar surface area (TPSA) is 106 Å². The molecule has 3 aromatic rings. The lowest BCUT2D eigenvalue weighted by Gasteiger charge is -2.07. The molecule has 2 amide bonds. The molecule has 0 bridgehead atoms. The van der Waals surface area contributed by atoms with Crippen LogP contribution in [0.4, 0.5) is 18.9 Å². The zero-order valence-corrected chi connectivity index (χ0v) is 14.6. The maximum absolute atomic E-state index is 13.1. The molecule has 2 aromatic carbocycles. The van der Waals surface area contributed by atoms with Crippen LogP contribution < -0.4 is 16.4 Å². The van der Waals surface area contributed by atoms with Crippen molar-refractivity contribution in [3.63, 3.8) is 0 Å². The molecule has 150 valence electrons. The van der Waals surface area contributed by atoms with Crippen LogP contribution in [-0.2, 0) is 16.1 Å². The number of anilines is 1. The van der Waals surface area contributed by atoms with Crippen molar-refractivity contribution in [2.45, 2.75) is 6.54 Å². The minimum atomic E-state index is -1.13. The summed E-state index contributed by atoms with van der Waals surface area (Å²) in [6.07, 6.45) is 0. The van der Waals surface area contributed by atoms with Crippen molar-refractivity contribution in [3.05, 3.63) is 70.5 Å². The van der Waals surface area contributed by atoms with Gasteiger partial charge in [0.05, 0.1) is 6.54 Å². The monoisotopic (exact) mass is 406 g/mol. The van der Waals surface area contributed by atoms with Gasteiger partial charge in [0.2, 0.25) is 17.7 Å². The Labute approximate surface area is 160 Å². The van der Waals surface area contributed by atoms with Gasteiger partial charge in [-0.3, -0.25) is 9.59 Å². The van der Waals surface area contributed by atoms with E-state index in [-0.39, 0.29) is 11.6 Å². The quantitative estimate of drug-likeness (QED) is 0.648. The van der Waals surface area contributed by atoms with Crippen molar-refractivity contribution in [1.29, 1.82) is 0 Å². The Morgan fingerprint density at radius 1 is 1.00 bits per heavy atom. The molecule has 2 N–H and O–H groups in total. The van der Waals surface area contributed by atoms with Crippen LogP contribution in [-0.4, -0.2) is 28.1 Å². The van der Waals surface area contributed by atoms with Gasteiger partial charge in [-0.1, -0.05) is 0 Å². The van der Waals surface area contributed by atoms with E-state index < -0.39 is 48.1 Å². The lowest BCUT2D eigenvalue weighted by atomic mass is 10.2. The van der Waals surface area contributed by atoms with Crippen LogP contribution in [0.25, 0.3) is 11.5 Å². The summed E-state index contributed by atoms with van der Waals surface area (Å²) < 4.78 is 44.6. The number of halogens is 3. The van der Waals surface area contributed by atoms with Crippen molar-refractivity contribution >= 4 is 17.5 Å². The molecule has 8 nitrogen and oxygen atoms in total. The van der Waals surface area contributed by atoms with Gasteiger partial charge in [-0.15, -0.1) is 5.10 Å². The maximum atomic E-state index is 13.1. The van der Waals surface area contributed by atoms with Crippen LogP contribution >= 0.6 is 0 Å². The predicted molar refractivity (Wildman–Crippen MR) is 94.2 cm³/mol. The molecule has 0 radical (unpaired) electrons. The van der Waals surface area contributed by atoms with Crippen LogP contribution in [0.1, 0.15) is 0 Å². The van der Waals surface area contributed by atoms with E-state index in [4.69, 9.17) is 4.42 Å². The van der Waals surface area contributed by atoms with Crippen molar-refractivity contribution in [2.75, 3.05) is 11.9 Å². The molecule has 0 unspecified atom stereocenters. The number of carbonyl (C=O) groups is 2. The summed E-state index contributed by atoms with van der Waals surface area (Å²) in [7, 11) is 0. The van der Waals surface area contributed by atoms with Gasteiger partial charge in [-0.05, 0) is 36.4 Å². The van der Waals surface area contributed by atoms with E-state index in [1.54, 1.807) is 0 Å². The molecule has 0 aliphatic carbocycles. The van der Waals surface area contributed by atoms with E-state index in [0.29, 0.717) is 5.56 Å². The Hall–Kier alpha value is -3.89. The van der Waals surface area contributed by atoms with Crippen LogP contribution in [0.5, 0.6) is 0 Å². The molecule has 0 aliphatic rings. The molecule has 0 atom stereocenters. The van der Waals surface area contributed by atoms with E-state index in [0.717, 1.165) is 35.0 Å². The summed E-state index contributed by atoms with van der Waals surface area (Å²) in [5.74, 6) is -5.08. The van der Waals surface area contributed by atoms with Gasteiger partial charge in [-0.2, -0.15) is 4.68 Å². The minimum absolute atomic E-state index is 0.0137. The predicted octanol–water partition coefficient (Wildman–Crippen LogP) is 1.68. The van der Waals surface area contributed by atoms with Gasteiger partial charge in [0.1, 0.15) is 12.4 Å². The number of hydrogen-bond acceptors (Lipinski definition) is 5. The smallest absolute Gasteiger partial charge is 0.388 e. The SMILES string of the molecule is O=C(Cn1nc(-c2ccc(F)cc2)oc1=O)NCC(=O)Nc1ccc(F)c(F)c1. The minimum Gasteiger partial charge on any atom is -0.388 e. The molecule has 3 rings (SSSR count). The molecule has 0 aliphatic heterocycles. The van der Waals surface area contributed by atoms with Gasteiger partial charge >= 0.3 is 5.76 Å². The molecule has 1 heterocycles. The van der Waals surface area contributed by atoms with E-state index in [1.807, 2.05) is 0 Å². The lowest BCUT2D eigenvalue weighted by molar-refractivity contribution is -0.124. The Morgan fingerprint density at radius 3 is 2.41 bits per heavy atom. The van der Waals surface area contributed by atoms with Crippen LogP contribution in [0.15, 0.2) is 51.7 Å². The second-order valence-corrected chi connectivity index (χ2v) is 5.79. The third-order valence-electron chi connectivity index (χ3n) is 3.64. The first kappa shape index (κ1) is 19.9. The van der Waals surface area contributed by atoms with Gasteiger partial charge in [-0.25, -0.2) is 18.0 Å². The highest BCUT2D eigenvalue weighted by Crippen LogP contribution is 2.15. The summed E-state index contributed by atoms with van der Waals surface area (Å²) in [4.78, 5) is 35.5. The average molecular weight is 406 g/mol. The van der Waals surface area contributed by atoms with Gasteiger partial charge in [0.15, 0.2) is 11.6 Å². The molecule has 11 heteroatoms. The number of benzene rings is 2. The summed E-state index contributed by atoms with van der Waals surface area (Å²) in [5.41, 5.74) is 0.355. The van der Waals surface area contributed by atoms with Crippen LogP contribution in [0.2, 0.25) is 0 Å². The fraction of sp³-hybridized carbons (Fsp3) is 0.111. The summed E-state index contributed by atoms with van der Waals surface area (Å²) in [5, 5.41) is 8.37. The second kappa shape index (κ2) is 8.42. The number of rotatable bonds is 6. The standard InChI is InChI=1S/C18H13F3N4O4/c19-11-3-1-10(2-4-11)17-24-25(18(28)29-17)9-16(27)22-8-15(26)23-12-5-6-13(20)14(21)7-12/h1-7H,8-9H2,(H,22,27)(H,23,26). The number of carbonyl (C=O) groups excluding carboxylic acids is 2. The van der Waals surface area contributed by atoms with Crippen LogP contribution in [0, 0.1) is 17.5 Å². The van der Waals surface area contributed by atoms with E-state index in [9.17, 15) is 27.6 Å². The summed E-state index contributed by atoms with van der Waals surface area (Å²) in [6.45, 7) is -1.00. The molecule has 29 heavy (non-hydrogen) atoms. The highest BCUT2D eigenvalue weighted by molar-refractivity contribution is 5.94. The third kappa shape index (κ3) is 5.09. The maximum Gasteiger partial charge on any atom is 0.437 e. The highest BCUT2D eigenvalue weighted by atomic mass is 19.2. The lowest BCUT2D eigenvalue weighted by Crippen LogP contribution is -2.36. The fourth-order valence-electron chi connectivity index (χ4n) is 2.27. The van der Waals surface area contributed by atoms with Crippen molar-refractivity contribution in [2.24, 2.45) is 0 Å². The molecule has 0 saturated carbocycles. The van der Waals surface area contributed by atoms with E-state index >= 15 is 0 Å². The second-order valence-electron chi connectivity index (χ2n) is 5.79. The van der Waals surface area contributed by atoms with Gasteiger partial charge in [0.25, 0.3) is 0 Å². The van der Waals surface area contributed by atoms with Crippen LogP contribution in [0.3, 0.4) is 0 Å². The Morgan fingerprint density at radius 2 is 1.72 bits per heavy atom. The fourth-order valence-corrected chi connectivity index (χ4v) is 2.27. The summed E-state index contributed by atoms with van der Waals surface area (Å²) in [6, 6.07) is 7.82. The molecular formula is C18H13F3N4O4. The average Bonchev–Trinajstić information content (AvgIpc) is 3.04. The third-order valence-corrected chi connectivity index (χ3v) is 3.64. The van der Waals surface area contributed by atoms with Gasteiger partial charge < -0.3 is 15.1 Å². The molecule has 0 fully saturated rings. The zero-order valence-electron chi connectivity index (χ0n) is 14.6. The number of nitrogens with zero attached hydrogens (tertiary/aromatic N) is 2. The normalized spacial score (nSPS) is 10.6. The number of hydrogen-bond donors (Lipinski definition) is 2.